The zero-order chi connectivity index (χ0) is 17.4. The van der Waals surface area contributed by atoms with E-state index >= 15 is 0 Å². The highest BCUT2D eigenvalue weighted by Gasteiger charge is 2.12. The van der Waals surface area contributed by atoms with E-state index in [1.54, 1.807) is 0 Å². The summed E-state index contributed by atoms with van der Waals surface area (Å²) in [4.78, 5) is 34.3. The van der Waals surface area contributed by atoms with Crippen LogP contribution in [0.4, 0.5) is 5.69 Å². The number of benzene rings is 1. The summed E-state index contributed by atoms with van der Waals surface area (Å²) in [6, 6.07) is 4.28. The Morgan fingerprint density at radius 1 is 1.17 bits per heavy atom. The number of carboxylic acid groups (broad SMARTS) is 1. The second-order valence-electron chi connectivity index (χ2n) is 5.34. The van der Waals surface area contributed by atoms with Crippen molar-refractivity contribution < 1.29 is 24.2 Å². The van der Waals surface area contributed by atoms with Crippen molar-refractivity contribution in [2.45, 2.75) is 39.2 Å². The summed E-state index contributed by atoms with van der Waals surface area (Å²) in [7, 11) is 1.40. The smallest absolute Gasteiger partial charge is 0.335 e. The molecule has 7 heteroatoms. The van der Waals surface area contributed by atoms with Crippen LogP contribution in [0.5, 0.6) is 5.75 Å². The number of carbonyl (C=O) groups is 3. The number of amides is 2. The topological polar surface area (TPSA) is 105 Å². The molecule has 0 fully saturated rings. The molecule has 0 aromatic heterocycles. The number of anilines is 1. The second kappa shape index (κ2) is 8.77. The van der Waals surface area contributed by atoms with Gasteiger partial charge in [-0.25, -0.2) is 4.79 Å². The SMILES string of the molecule is COc1cc(C(=O)O)ccc1NC(=O)CCCC(=O)NC(C)C. The van der Waals surface area contributed by atoms with Crippen molar-refractivity contribution in [3.8, 4) is 5.75 Å². The maximum absolute atomic E-state index is 11.9. The van der Waals surface area contributed by atoms with E-state index in [0.717, 1.165) is 0 Å². The fourth-order valence-electron chi connectivity index (χ4n) is 1.94. The van der Waals surface area contributed by atoms with E-state index in [1.807, 2.05) is 13.8 Å². The van der Waals surface area contributed by atoms with E-state index in [2.05, 4.69) is 10.6 Å². The average Bonchev–Trinajstić information content (AvgIpc) is 2.46. The van der Waals surface area contributed by atoms with Crippen molar-refractivity contribution in [1.29, 1.82) is 0 Å². The molecule has 0 aliphatic rings. The number of carbonyl (C=O) groups excluding carboxylic acids is 2. The van der Waals surface area contributed by atoms with Gasteiger partial charge in [-0.3, -0.25) is 9.59 Å². The number of nitrogens with one attached hydrogen (secondary N) is 2. The first-order valence-corrected chi connectivity index (χ1v) is 7.34. The Morgan fingerprint density at radius 2 is 1.83 bits per heavy atom. The van der Waals surface area contributed by atoms with Crippen LogP contribution < -0.4 is 15.4 Å². The molecule has 23 heavy (non-hydrogen) atoms. The first-order chi connectivity index (χ1) is 10.8. The van der Waals surface area contributed by atoms with Gasteiger partial charge in [0.05, 0.1) is 18.4 Å². The van der Waals surface area contributed by atoms with Gasteiger partial charge in [-0.15, -0.1) is 0 Å². The molecule has 0 aliphatic carbocycles. The molecule has 7 nitrogen and oxygen atoms in total. The Morgan fingerprint density at radius 3 is 2.39 bits per heavy atom. The molecule has 0 atom stereocenters. The summed E-state index contributed by atoms with van der Waals surface area (Å²) < 4.78 is 5.08. The minimum absolute atomic E-state index is 0.0743. The lowest BCUT2D eigenvalue weighted by Crippen LogP contribution is -2.30. The van der Waals surface area contributed by atoms with E-state index in [1.165, 1.54) is 25.3 Å². The Balaban J connectivity index is 2.54. The fraction of sp³-hybridized carbons (Fsp3) is 0.438. The summed E-state index contributed by atoms with van der Waals surface area (Å²) in [5.41, 5.74) is 0.472. The number of carboxylic acids is 1. The Kier molecular flexibility index (Phi) is 7.05. The lowest BCUT2D eigenvalue weighted by molar-refractivity contribution is -0.121. The Hall–Kier alpha value is -2.57. The van der Waals surface area contributed by atoms with Crippen LogP contribution in [-0.4, -0.2) is 36.0 Å². The van der Waals surface area contributed by atoms with Crippen LogP contribution in [0.25, 0.3) is 0 Å². The molecule has 0 aliphatic heterocycles. The van der Waals surface area contributed by atoms with Gasteiger partial charge in [0.1, 0.15) is 5.75 Å². The standard InChI is InChI=1S/C16H22N2O5/c1-10(2)17-14(19)5-4-6-15(20)18-12-8-7-11(16(21)22)9-13(12)23-3/h7-10H,4-6H2,1-3H3,(H,17,19)(H,18,20)(H,21,22). The molecule has 0 bridgehead atoms. The van der Waals surface area contributed by atoms with Gasteiger partial charge in [-0.2, -0.15) is 0 Å². The van der Waals surface area contributed by atoms with Gasteiger partial charge < -0.3 is 20.5 Å². The number of rotatable bonds is 8. The quantitative estimate of drug-likeness (QED) is 0.679. The highest BCUT2D eigenvalue weighted by Crippen LogP contribution is 2.25. The first kappa shape index (κ1) is 18.5. The van der Waals surface area contributed by atoms with E-state index < -0.39 is 5.97 Å². The zero-order valence-electron chi connectivity index (χ0n) is 13.5. The van der Waals surface area contributed by atoms with Gasteiger partial charge in [0.25, 0.3) is 0 Å². The summed E-state index contributed by atoms with van der Waals surface area (Å²) >= 11 is 0. The summed E-state index contributed by atoms with van der Waals surface area (Å²) in [6.45, 7) is 3.75. The lowest BCUT2D eigenvalue weighted by Gasteiger charge is -2.11. The molecule has 0 saturated carbocycles. The number of methoxy groups -OCH3 is 1. The first-order valence-electron chi connectivity index (χ1n) is 7.34. The number of hydrogen-bond donors (Lipinski definition) is 3. The van der Waals surface area contributed by atoms with Crippen molar-refractivity contribution in [2.75, 3.05) is 12.4 Å². The van der Waals surface area contributed by atoms with Crippen LogP contribution in [0.1, 0.15) is 43.5 Å². The van der Waals surface area contributed by atoms with E-state index in [4.69, 9.17) is 9.84 Å². The summed E-state index contributed by atoms with van der Waals surface area (Å²) in [5.74, 6) is -1.15. The molecular weight excluding hydrogens is 300 g/mol. The number of aromatic carboxylic acids is 1. The third-order valence-electron chi connectivity index (χ3n) is 2.98. The predicted octanol–water partition coefficient (Wildman–Crippen LogP) is 2.03. The maximum atomic E-state index is 11.9. The van der Waals surface area contributed by atoms with Crippen LogP contribution in [0, 0.1) is 0 Å². The van der Waals surface area contributed by atoms with Gasteiger partial charge in [0.15, 0.2) is 0 Å². The largest absolute Gasteiger partial charge is 0.495 e. The molecule has 1 aromatic carbocycles. The molecule has 2 amide bonds. The zero-order valence-corrected chi connectivity index (χ0v) is 13.5. The van der Waals surface area contributed by atoms with Gasteiger partial charge in [0.2, 0.25) is 11.8 Å². The molecule has 0 spiro atoms. The van der Waals surface area contributed by atoms with Gasteiger partial charge in [-0.1, -0.05) is 0 Å². The van der Waals surface area contributed by atoms with E-state index in [-0.39, 0.29) is 42.0 Å². The third-order valence-corrected chi connectivity index (χ3v) is 2.98. The lowest BCUT2D eigenvalue weighted by atomic mass is 10.1. The highest BCUT2D eigenvalue weighted by molar-refractivity contribution is 5.94. The number of ether oxygens (including phenoxy) is 1. The summed E-state index contributed by atoms with van der Waals surface area (Å²) in [6.07, 6.45) is 0.899. The second-order valence-corrected chi connectivity index (χ2v) is 5.34. The predicted molar refractivity (Wildman–Crippen MR) is 85.7 cm³/mol. The van der Waals surface area contributed by atoms with Crippen molar-refractivity contribution in [2.24, 2.45) is 0 Å². The van der Waals surface area contributed by atoms with Gasteiger partial charge in [-0.05, 0) is 38.5 Å². The molecule has 126 valence electrons. The van der Waals surface area contributed by atoms with Gasteiger partial charge in [0, 0.05) is 18.9 Å². The average molecular weight is 322 g/mol. The fourth-order valence-corrected chi connectivity index (χ4v) is 1.94. The highest BCUT2D eigenvalue weighted by atomic mass is 16.5. The molecule has 0 radical (unpaired) electrons. The van der Waals surface area contributed by atoms with E-state index in [0.29, 0.717) is 12.1 Å². The normalized spacial score (nSPS) is 10.3. The maximum Gasteiger partial charge on any atom is 0.335 e. The Labute approximate surface area is 135 Å². The molecule has 0 saturated heterocycles. The van der Waals surface area contributed by atoms with Crippen molar-refractivity contribution in [1.82, 2.24) is 5.32 Å². The van der Waals surface area contributed by atoms with Crippen molar-refractivity contribution in [3.63, 3.8) is 0 Å². The molecular formula is C16H22N2O5. The van der Waals surface area contributed by atoms with Crippen LogP contribution in [-0.2, 0) is 9.59 Å². The van der Waals surface area contributed by atoms with Crippen LogP contribution in [0.2, 0.25) is 0 Å². The third kappa shape index (κ3) is 6.37. The molecule has 1 aromatic rings. The van der Waals surface area contributed by atoms with Gasteiger partial charge >= 0.3 is 5.97 Å². The molecule has 0 unspecified atom stereocenters. The monoisotopic (exact) mass is 322 g/mol. The van der Waals surface area contributed by atoms with Crippen LogP contribution >= 0.6 is 0 Å². The van der Waals surface area contributed by atoms with Crippen molar-refractivity contribution >= 4 is 23.5 Å². The summed E-state index contributed by atoms with van der Waals surface area (Å²) in [5, 5.41) is 14.3. The van der Waals surface area contributed by atoms with Crippen molar-refractivity contribution in [3.05, 3.63) is 23.8 Å². The van der Waals surface area contributed by atoms with E-state index in [9.17, 15) is 14.4 Å². The van der Waals surface area contributed by atoms with Crippen LogP contribution in [0.15, 0.2) is 18.2 Å². The molecule has 3 N–H and O–H groups in total. The number of hydrogen-bond acceptors (Lipinski definition) is 4. The molecule has 1 rings (SSSR count). The Bertz CT molecular complexity index is 584. The van der Waals surface area contributed by atoms with Crippen LogP contribution in [0.3, 0.4) is 0 Å². The minimum Gasteiger partial charge on any atom is -0.495 e. The molecule has 0 heterocycles. The minimum atomic E-state index is -1.07.